The molecule has 0 radical (unpaired) electrons. The molecule has 0 aliphatic heterocycles. The summed E-state index contributed by atoms with van der Waals surface area (Å²) in [6, 6.07) is 25.0. The molecule has 4 aromatic carbocycles. The Morgan fingerprint density at radius 1 is 0.906 bits per heavy atom. The fraction of sp³-hybridized carbons (Fsp3) is 0.0385. The van der Waals surface area contributed by atoms with Gasteiger partial charge in [-0.1, -0.05) is 65.7 Å². The molecule has 0 aliphatic rings. The van der Waals surface area contributed by atoms with Crippen molar-refractivity contribution in [1.82, 2.24) is 5.43 Å². The molecule has 0 heterocycles. The maximum atomic E-state index is 12.7. The van der Waals surface area contributed by atoms with Crippen LogP contribution in [-0.4, -0.2) is 18.1 Å². The van der Waals surface area contributed by atoms with E-state index in [0.717, 1.165) is 16.3 Å². The maximum absolute atomic E-state index is 12.7. The summed E-state index contributed by atoms with van der Waals surface area (Å²) in [5.74, 6) is -0.532. The van der Waals surface area contributed by atoms with Crippen molar-refractivity contribution in [3.8, 4) is 5.75 Å². The number of carbonyl (C=O) groups is 2. The van der Waals surface area contributed by atoms with Crippen molar-refractivity contribution in [1.29, 1.82) is 0 Å². The molecule has 4 rings (SSSR count). The summed E-state index contributed by atoms with van der Waals surface area (Å²) < 4.78 is 5.68. The highest BCUT2D eigenvalue weighted by Gasteiger charge is 2.14. The number of esters is 1. The van der Waals surface area contributed by atoms with Gasteiger partial charge in [-0.25, -0.2) is 10.2 Å². The van der Waals surface area contributed by atoms with Gasteiger partial charge in [-0.2, -0.15) is 5.10 Å². The molecular formula is C26H19ClN2O3. The summed E-state index contributed by atoms with van der Waals surface area (Å²) in [7, 11) is 0. The van der Waals surface area contributed by atoms with Crippen LogP contribution in [0.4, 0.5) is 0 Å². The second-order valence-electron chi connectivity index (χ2n) is 7.16. The van der Waals surface area contributed by atoms with Gasteiger partial charge in [0.05, 0.1) is 11.8 Å². The van der Waals surface area contributed by atoms with E-state index in [1.807, 2.05) is 49.4 Å². The number of carbonyl (C=O) groups excluding carboxylic acids is 2. The minimum atomic E-state index is -0.474. The molecule has 0 saturated heterocycles. The van der Waals surface area contributed by atoms with Crippen LogP contribution in [0.5, 0.6) is 5.75 Å². The fourth-order valence-corrected chi connectivity index (χ4v) is 3.39. The fourth-order valence-electron chi connectivity index (χ4n) is 3.20. The molecule has 0 spiro atoms. The number of rotatable bonds is 5. The molecule has 0 aromatic heterocycles. The molecule has 4 aromatic rings. The average molecular weight is 443 g/mol. The first-order chi connectivity index (χ1) is 15.5. The zero-order valence-corrected chi connectivity index (χ0v) is 18.0. The summed E-state index contributed by atoms with van der Waals surface area (Å²) in [6.45, 7) is 1.95. The van der Waals surface area contributed by atoms with E-state index in [9.17, 15) is 9.59 Å². The lowest BCUT2D eigenvalue weighted by atomic mass is 10.0. The lowest BCUT2D eigenvalue weighted by Crippen LogP contribution is -2.17. The third kappa shape index (κ3) is 4.85. The van der Waals surface area contributed by atoms with Crippen LogP contribution in [0.25, 0.3) is 10.8 Å². The minimum Gasteiger partial charge on any atom is -0.422 e. The van der Waals surface area contributed by atoms with Gasteiger partial charge in [0.25, 0.3) is 5.91 Å². The van der Waals surface area contributed by atoms with E-state index in [2.05, 4.69) is 10.5 Å². The SMILES string of the molecule is Cc1ccc(C(=O)Oc2ccc3ccccc3c2C=NNC(=O)c2cccc(Cl)c2)cc1. The summed E-state index contributed by atoms with van der Waals surface area (Å²) in [5, 5.41) is 6.34. The number of fused-ring (bicyclic) bond motifs is 1. The predicted octanol–water partition coefficient (Wildman–Crippen LogP) is 5.78. The third-order valence-corrected chi connectivity index (χ3v) is 5.10. The number of nitrogens with one attached hydrogen (secondary N) is 1. The van der Waals surface area contributed by atoms with Gasteiger partial charge in [-0.15, -0.1) is 0 Å². The Hall–Kier alpha value is -3.96. The molecule has 32 heavy (non-hydrogen) atoms. The largest absolute Gasteiger partial charge is 0.422 e. The van der Waals surface area contributed by atoms with E-state index < -0.39 is 11.9 Å². The van der Waals surface area contributed by atoms with Crippen molar-refractivity contribution >= 4 is 40.5 Å². The number of nitrogens with zero attached hydrogens (tertiary/aromatic N) is 1. The number of hydrogen-bond donors (Lipinski definition) is 1. The van der Waals surface area contributed by atoms with E-state index in [-0.39, 0.29) is 0 Å². The monoisotopic (exact) mass is 442 g/mol. The first-order valence-corrected chi connectivity index (χ1v) is 10.3. The van der Waals surface area contributed by atoms with Crippen molar-refractivity contribution in [3.63, 3.8) is 0 Å². The molecule has 0 atom stereocenters. The third-order valence-electron chi connectivity index (χ3n) is 4.87. The summed E-state index contributed by atoms with van der Waals surface area (Å²) in [5.41, 5.74) is 4.95. The maximum Gasteiger partial charge on any atom is 0.343 e. The first kappa shape index (κ1) is 21.3. The van der Waals surface area contributed by atoms with Crippen molar-refractivity contribution in [2.24, 2.45) is 5.10 Å². The predicted molar refractivity (Wildman–Crippen MR) is 127 cm³/mol. The topological polar surface area (TPSA) is 67.8 Å². The molecule has 0 aliphatic carbocycles. The van der Waals surface area contributed by atoms with Crippen LogP contribution in [0.1, 0.15) is 31.8 Å². The number of halogens is 1. The molecular weight excluding hydrogens is 424 g/mol. The van der Waals surface area contributed by atoms with Gasteiger partial charge >= 0.3 is 5.97 Å². The van der Waals surface area contributed by atoms with Crippen LogP contribution in [-0.2, 0) is 0 Å². The molecule has 0 saturated carbocycles. The highest BCUT2D eigenvalue weighted by atomic mass is 35.5. The van der Waals surface area contributed by atoms with Crippen LogP contribution in [0.3, 0.4) is 0 Å². The summed E-state index contributed by atoms with van der Waals surface area (Å²) in [6.07, 6.45) is 1.47. The summed E-state index contributed by atoms with van der Waals surface area (Å²) >= 11 is 5.95. The Morgan fingerprint density at radius 3 is 2.47 bits per heavy atom. The zero-order valence-electron chi connectivity index (χ0n) is 17.2. The van der Waals surface area contributed by atoms with Gasteiger partial charge in [0.2, 0.25) is 0 Å². The first-order valence-electron chi connectivity index (χ1n) is 9.91. The highest BCUT2D eigenvalue weighted by Crippen LogP contribution is 2.27. The van der Waals surface area contributed by atoms with Gasteiger partial charge in [0.1, 0.15) is 5.75 Å². The van der Waals surface area contributed by atoms with E-state index in [1.54, 1.807) is 42.5 Å². The van der Waals surface area contributed by atoms with Crippen molar-refractivity contribution < 1.29 is 14.3 Å². The number of benzene rings is 4. The minimum absolute atomic E-state index is 0.343. The lowest BCUT2D eigenvalue weighted by molar-refractivity contribution is 0.0734. The highest BCUT2D eigenvalue weighted by molar-refractivity contribution is 6.31. The Balaban J connectivity index is 1.62. The van der Waals surface area contributed by atoms with Crippen LogP contribution in [0.15, 0.2) is 90.0 Å². The van der Waals surface area contributed by atoms with Gasteiger partial charge in [0, 0.05) is 16.1 Å². The summed E-state index contributed by atoms with van der Waals surface area (Å²) in [4.78, 5) is 25.0. The lowest BCUT2D eigenvalue weighted by Gasteiger charge is -2.11. The molecule has 0 bridgehead atoms. The van der Waals surface area contributed by atoms with Crippen LogP contribution < -0.4 is 10.2 Å². The molecule has 0 unspecified atom stereocenters. The van der Waals surface area contributed by atoms with Crippen molar-refractivity contribution in [3.05, 3.63) is 112 Å². The molecule has 6 heteroatoms. The van der Waals surface area contributed by atoms with Gasteiger partial charge in [0.15, 0.2) is 0 Å². The number of amides is 1. The van der Waals surface area contributed by atoms with Crippen LogP contribution in [0, 0.1) is 6.92 Å². The molecule has 1 N–H and O–H groups in total. The Bertz CT molecular complexity index is 1330. The van der Waals surface area contributed by atoms with Gasteiger partial charge in [-0.05, 0) is 54.1 Å². The van der Waals surface area contributed by atoms with Gasteiger partial charge < -0.3 is 4.74 Å². The Labute approximate surface area is 190 Å². The number of aryl methyl sites for hydroxylation is 1. The average Bonchev–Trinajstić information content (AvgIpc) is 2.80. The zero-order chi connectivity index (χ0) is 22.5. The number of hydrogen-bond acceptors (Lipinski definition) is 4. The molecule has 158 valence electrons. The molecule has 1 amide bonds. The standard InChI is InChI=1S/C26H19ClN2O3/c1-17-9-11-19(12-10-17)26(31)32-24-14-13-18-5-2-3-8-22(18)23(24)16-28-29-25(30)20-6-4-7-21(27)15-20/h2-16H,1H3,(H,29,30). The Morgan fingerprint density at radius 2 is 1.69 bits per heavy atom. The van der Waals surface area contributed by atoms with Crippen molar-refractivity contribution in [2.45, 2.75) is 6.92 Å². The van der Waals surface area contributed by atoms with Crippen molar-refractivity contribution in [2.75, 3.05) is 0 Å². The van der Waals surface area contributed by atoms with E-state index in [0.29, 0.717) is 27.5 Å². The van der Waals surface area contributed by atoms with Gasteiger partial charge in [-0.3, -0.25) is 4.79 Å². The second kappa shape index (κ2) is 9.45. The number of ether oxygens (including phenoxy) is 1. The van der Waals surface area contributed by atoms with Crippen LogP contribution in [0.2, 0.25) is 5.02 Å². The van der Waals surface area contributed by atoms with Crippen LogP contribution >= 0.6 is 11.6 Å². The van der Waals surface area contributed by atoms with E-state index in [4.69, 9.17) is 16.3 Å². The van der Waals surface area contributed by atoms with E-state index >= 15 is 0 Å². The second-order valence-corrected chi connectivity index (χ2v) is 7.60. The number of hydrazone groups is 1. The normalized spacial score (nSPS) is 10.9. The molecule has 5 nitrogen and oxygen atoms in total. The quantitative estimate of drug-likeness (QED) is 0.184. The Kier molecular flexibility index (Phi) is 6.29. The smallest absolute Gasteiger partial charge is 0.343 e. The molecule has 0 fully saturated rings. The van der Waals surface area contributed by atoms with E-state index in [1.165, 1.54) is 6.21 Å².